The molecule has 0 aliphatic rings. The van der Waals surface area contributed by atoms with Crippen LogP contribution < -0.4 is 4.74 Å². The molecule has 0 bridgehead atoms. The van der Waals surface area contributed by atoms with Gasteiger partial charge in [0.05, 0.1) is 6.57 Å². The Bertz CT molecular complexity index is 609. The van der Waals surface area contributed by atoms with Crippen molar-refractivity contribution in [1.82, 2.24) is 0 Å². The van der Waals surface area contributed by atoms with Gasteiger partial charge in [-0.3, -0.25) is 0 Å². The van der Waals surface area contributed by atoms with E-state index in [9.17, 15) is 4.79 Å². The molecule has 0 saturated heterocycles. The van der Waals surface area contributed by atoms with Gasteiger partial charge < -0.3 is 9.84 Å². The highest BCUT2D eigenvalue weighted by molar-refractivity contribution is 5.69. The molecule has 4 heteroatoms. The van der Waals surface area contributed by atoms with Crippen LogP contribution in [0.3, 0.4) is 0 Å². The van der Waals surface area contributed by atoms with Gasteiger partial charge in [0.25, 0.3) is 0 Å². The smallest absolute Gasteiger partial charge is 0.341 e. The predicted molar refractivity (Wildman–Crippen MR) is 71.3 cm³/mol. The van der Waals surface area contributed by atoms with Crippen molar-refractivity contribution >= 4 is 11.7 Å². The highest BCUT2D eigenvalue weighted by Crippen LogP contribution is 2.24. The van der Waals surface area contributed by atoms with Gasteiger partial charge in [-0.2, -0.15) is 0 Å². The average molecular weight is 253 g/mol. The van der Waals surface area contributed by atoms with Crippen LogP contribution in [0.25, 0.3) is 16.0 Å². The standard InChI is InChI=1S/C15H11NO3/c1-16-13-6-2-11(3-7-13)12-4-8-14(9-5-12)19-10-15(17)18/h2-9H,10H2,(H,17,18). The lowest BCUT2D eigenvalue weighted by molar-refractivity contribution is -0.139. The van der Waals surface area contributed by atoms with E-state index in [-0.39, 0.29) is 6.61 Å². The molecule has 0 amide bonds. The summed E-state index contributed by atoms with van der Waals surface area (Å²) in [6.07, 6.45) is 0. The molecular weight excluding hydrogens is 242 g/mol. The van der Waals surface area contributed by atoms with Crippen LogP contribution in [-0.4, -0.2) is 17.7 Å². The number of ether oxygens (including phenoxy) is 1. The Kier molecular flexibility index (Phi) is 3.79. The minimum Gasteiger partial charge on any atom is -0.482 e. The van der Waals surface area contributed by atoms with Crippen molar-refractivity contribution in [2.75, 3.05) is 6.61 Å². The summed E-state index contributed by atoms with van der Waals surface area (Å²) in [5, 5.41) is 8.51. The SMILES string of the molecule is [C-]#[N+]c1ccc(-c2ccc(OCC(=O)O)cc2)cc1. The van der Waals surface area contributed by atoms with E-state index >= 15 is 0 Å². The van der Waals surface area contributed by atoms with Crippen molar-refractivity contribution in [1.29, 1.82) is 0 Å². The highest BCUT2D eigenvalue weighted by Gasteiger charge is 2.01. The third kappa shape index (κ3) is 3.33. The lowest BCUT2D eigenvalue weighted by Crippen LogP contribution is -2.09. The first-order chi connectivity index (χ1) is 9.19. The highest BCUT2D eigenvalue weighted by atomic mass is 16.5. The number of aliphatic carboxylic acids is 1. The monoisotopic (exact) mass is 253 g/mol. The van der Waals surface area contributed by atoms with Crippen molar-refractivity contribution < 1.29 is 14.6 Å². The van der Waals surface area contributed by atoms with E-state index in [1.54, 1.807) is 24.3 Å². The second-order valence-corrected chi connectivity index (χ2v) is 3.87. The van der Waals surface area contributed by atoms with Crippen molar-refractivity contribution in [3.8, 4) is 16.9 Å². The molecule has 1 N–H and O–H groups in total. The molecule has 19 heavy (non-hydrogen) atoms. The molecule has 0 saturated carbocycles. The third-order valence-electron chi connectivity index (χ3n) is 2.55. The number of rotatable bonds is 4. The molecule has 0 radical (unpaired) electrons. The number of hydrogen-bond acceptors (Lipinski definition) is 2. The van der Waals surface area contributed by atoms with E-state index in [0.29, 0.717) is 11.4 Å². The molecule has 0 aliphatic carbocycles. The Morgan fingerprint density at radius 3 is 2.05 bits per heavy atom. The van der Waals surface area contributed by atoms with Crippen LogP contribution >= 0.6 is 0 Å². The molecule has 2 aromatic carbocycles. The van der Waals surface area contributed by atoms with Gasteiger partial charge in [0.2, 0.25) is 0 Å². The zero-order valence-electron chi connectivity index (χ0n) is 10.0. The maximum atomic E-state index is 10.4. The molecule has 2 aromatic rings. The first-order valence-electron chi connectivity index (χ1n) is 5.61. The fourth-order valence-electron chi connectivity index (χ4n) is 1.62. The molecule has 0 aromatic heterocycles. The predicted octanol–water partition coefficient (Wildman–Crippen LogP) is 3.37. The number of carbonyl (C=O) groups is 1. The zero-order chi connectivity index (χ0) is 13.7. The van der Waals surface area contributed by atoms with Crippen molar-refractivity contribution in [2.45, 2.75) is 0 Å². The molecule has 4 nitrogen and oxygen atoms in total. The molecule has 0 atom stereocenters. The van der Waals surface area contributed by atoms with E-state index in [1.165, 1.54) is 0 Å². The largest absolute Gasteiger partial charge is 0.482 e. The lowest BCUT2D eigenvalue weighted by atomic mass is 10.1. The molecule has 0 fully saturated rings. The van der Waals surface area contributed by atoms with Gasteiger partial charge in [-0.05, 0) is 23.3 Å². The first-order valence-corrected chi connectivity index (χ1v) is 5.61. The fourth-order valence-corrected chi connectivity index (χ4v) is 1.62. The lowest BCUT2D eigenvalue weighted by Gasteiger charge is -2.05. The summed E-state index contributed by atoms with van der Waals surface area (Å²) in [6.45, 7) is 6.54. The molecular formula is C15H11NO3. The molecule has 2 rings (SSSR count). The Morgan fingerprint density at radius 1 is 1.05 bits per heavy atom. The zero-order valence-corrected chi connectivity index (χ0v) is 10.0. The topological polar surface area (TPSA) is 50.9 Å². The molecule has 0 aliphatic heterocycles. The summed E-state index contributed by atoms with van der Waals surface area (Å²) in [7, 11) is 0. The quantitative estimate of drug-likeness (QED) is 0.850. The van der Waals surface area contributed by atoms with Crippen molar-refractivity contribution in [2.24, 2.45) is 0 Å². The maximum Gasteiger partial charge on any atom is 0.341 e. The van der Waals surface area contributed by atoms with Gasteiger partial charge in [0.15, 0.2) is 12.3 Å². The molecule has 94 valence electrons. The van der Waals surface area contributed by atoms with E-state index in [4.69, 9.17) is 16.4 Å². The van der Waals surface area contributed by atoms with Gasteiger partial charge in [-0.15, -0.1) is 0 Å². The summed E-state index contributed by atoms with van der Waals surface area (Å²) in [5.74, 6) is -0.484. The van der Waals surface area contributed by atoms with Crippen LogP contribution in [0.15, 0.2) is 48.5 Å². The first kappa shape index (κ1) is 12.7. The summed E-state index contributed by atoms with van der Waals surface area (Å²) in [6, 6.07) is 14.4. The maximum absolute atomic E-state index is 10.4. The Labute approximate surface area is 110 Å². The number of carboxylic acid groups (broad SMARTS) is 1. The summed E-state index contributed by atoms with van der Waals surface area (Å²) in [5.41, 5.74) is 2.58. The van der Waals surface area contributed by atoms with Crippen LogP contribution in [0.2, 0.25) is 0 Å². The fraction of sp³-hybridized carbons (Fsp3) is 0.0667. The van der Waals surface area contributed by atoms with E-state index < -0.39 is 5.97 Å². The van der Waals surface area contributed by atoms with E-state index in [2.05, 4.69) is 4.85 Å². The number of benzene rings is 2. The van der Waals surface area contributed by atoms with Crippen LogP contribution in [0.5, 0.6) is 5.75 Å². The Balaban J connectivity index is 2.13. The van der Waals surface area contributed by atoms with Gasteiger partial charge in [-0.25, -0.2) is 9.64 Å². The van der Waals surface area contributed by atoms with Crippen LogP contribution in [0.4, 0.5) is 5.69 Å². The van der Waals surface area contributed by atoms with E-state index in [0.717, 1.165) is 11.1 Å². The minimum atomic E-state index is -1.00. The van der Waals surface area contributed by atoms with Crippen molar-refractivity contribution in [3.05, 3.63) is 59.9 Å². The van der Waals surface area contributed by atoms with Crippen LogP contribution in [0.1, 0.15) is 0 Å². The Morgan fingerprint density at radius 2 is 1.58 bits per heavy atom. The summed E-state index contributed by atoms with van der Waals surface area (Å²) in [4.78, 5) is 13.7. The van der Waals surface area contributed by atoms with Crippen LogP contribution in [0, 0.1) is 6.57 Å². The normalized spacial score (nSPS) is 9.63. The number of carboxylic acids is 1. The van der Waals surface area contributed by atoms with Gasteiger partial charge in [0, 0.05) is 0 Å². The summed E-state index contributed by atoms with van der Waals surface area (Å²) >= 11 is 0. The van der Waals surface area contributed by atoms with Gasteiger partial charge in [-0.1, -0.05) is 36.4 Å². The second-order valence-electron chi connectivity index (χ2n) is 3.87. The molecule has 0 heterocycles. The van der Waals surface area contributed by atoms with Crippen molar-refractivity contribution in [3.63, 3.8) is 0 Å². The minimum absolute atomic E-state index is 0.348. The number of hydrogen-bond donors (Lipinski definition) is 1. The third-order valence-corrected chi connectivity index (χ3v) is 2.55. The van der Waals surface area contributed by atoms with Gasteiger partial charge in [0.1, 0.15) is 5.75 Å². The van der Waals surface area contributed by atoms with E-state index in [1.807, 2.05) is 24.3 Å². The molecule has 0 unspecified atom stereocenters. The Hall–Kier alpha value is -2.80. The summed E-state index contributed by atoms with van der Waals surface area (Å²) < 4.78 is 5.06. The molecule has 0 spiro atoms. The number of nitrogens with zero attached hydrogens (tertiary/aromatic N) is 1. The average Bonchev–Trinajstić information content (AvgIpc) is 2.46. The van der Waals surface area contributed by atoms with Crippen LogP contribution in [-0.2, 0) is 4.79 Å². The second kappa shape index (κ2) is 5.69. The van der Waals surface area contributed by atoms with Gasteiger partial charge >= 0.3 is 5.97 Å².